The third kappa shape index (κ3) is 3.13. The second-order valence-electron chi connectivity index (χ2n) is 8.66. The number of phenols is 1. The highest BCUT2D eigenvalue weighted by atomic mass is 16.3. The molecule has 1 aliphatic carbocycles. The van der Waals surface area contributed by atoms with Crippen molar-refractivity contribution in [3.63, 3.8) is 0 Å². The molecule has 142 valence electrons. The maximum Gasteiger partial charge on any atom is 0.237 e. The Hall–Kier alpha value is -1.55. The molecule has 26 heavy (non-hydrogen) atoms. The Morgan fingerprint density at radius 1 is 1.08 bits per heavy atom. The van der Waals surface area contributed by atoms with E-state index in [9.17, 15) is 9.90 Å². The van der Waals surface area contributed by atoms with Crippen LogP contribution >= 0.6 is 0 Å². The molecule has 4 heteroatoms. The maximum absolute atomic E-state index is 13.1. The molecule has 2 fully saturated rings. The van der Waals surface area contributed by atoms with Crippen LogP contribution in [0, 0.1) is 5.92 Å². The van der Waals surface area contributed by atoms with Crippen molar-refractivity contribution in [3.8, 4) is 5.75 Å². The van der Waals surface area contributed by atoms with Gasteiger partial charge in [-0.05, 0) is 56.3 Å². The van der Waals surface area contributed by atoms with Crippen LogP contribution in [0.4, 0.5) is 5.69 Å². The molecule has 0 bridgehead atoms. The topological polar surface area (TPSA) is 43.8 Å². The van der Waals surface area contributed by atoms with E-state index in [0.717, 1.165) is 43.1 Å². The fraction of sp³-hybridized carbons (Fsp3) is 0.682. The van der Waals surface area contributed by atoms with Gasteiger partial charge in [-0.3, -0.25) is 4.79 Å². The van der Waals surface area contributed by atoms with Crippen molar-refractivity contribution in [2.24, 2.45) is 5.92 Å². The first kappa shape index (κ1) is 17.8. The van der Waals surface area contributed by atoms with Crippen molar-refractivity contribution in [1.82, 2.24) is 4.90 Å². The summed E-state index contributed by atoms with van der Waals surface area (Å²) in [6.07, 6.45) is 11.6. The van der Waals surface area contributed by atoms with E-state index in [4.69, 9.17) is 0 Å². The third-order valence-electron chi connectivity index (χ3n) is 7.02. The quantitative estimate of drug-likeness (QED) is 0.869. The van der Waals surface area contributed by atoms with E-state index >= 15 is 0 Å². The molecule has 1 saturated carbocycles. The Morgan fingerprint density at radius 2 is 1.73 bits per heavy atom. The summed E-state index contributed by atoms with van der Waals surface area (Å²) in [6.45, 7) is 3.23. The third-order valence-corrected chi connectivity index (χ3v) is 7.02. The number of piperidine rings is 1. The van der Waals surface area contributed by atoms with Gasteiger partial charge in [-0.2, -0.15) is 0 Å². The lowest BCUT2D eigenvalue weighted by atomic mass is 9.73. The molecule has 1 N–H and O–H groups in total. The number of fused-ring (bicyclic) bond motifs is 2. The number of nitrogens with zero attached hydrogens (tertiary/aromatic N) is 2. The van der Waals surface area contributed by atoms with Gasteiger partial charge in [-0.15, -0.1) is 0 Å². The maximum atomic E-state index is 13.1. The Kier molecular flexibility index (Phi) is 4.96. The van der Waals surface area contributed by atoms with Crippen LogP contribution in [0.15, 0.2) is 18.2 Å². The lowest BCUT2D eigenvalue weighted by Crippen LogP contribution is -2.49. The van der Waals surface area contributed by atoms with Gasteiger partial charge in [0.1, 0.15) is 5.75 Å². The van der Waals surface area contributed by atoms with E-state index < -0.39 is 0 Å². The van der Waals surface area contributed by atoms with E-state index in [1.54, 1.807) is 17.0 Å². The van der Waals surface area contributed by atoms with Gasteiger partial charge in [0.15, 0.2) is 0 Å². The number of likely N-dealkylation sites (tertiary alicyclic amines) is 1. The number of benzene rings is 1. The minimum atomic E-state index is -0.366. The van der Waals surface area contributed by atoms with Gasteiger partial charge in [-0.25, -0.2) is 0 Å². The molecule has 4 rings (SSSR count). The molecule has 2 aliphatic heterocycles. The first-order valence-electron chi connectivity index (χ1n) is 10.4. The number of phenolic OH excluding ortho intramolecular Hbond substituents is 1. The first-order valence-corrected chi connectivity index (χ1v) is 10.4. The van der Waals surface area contributed by atoms with E-state index in [0.29, 0.717) is 0 Å². The molecule has 1 spiro atoms. The highest BCUT2D eigenvalue weighted by Crippen LogP contribution is 2.48. The summed E-state index contributed by atoms with van der Waals surface area (Å²) in [7, 11) is 1.84. The molecule has 0 radical (unpaired) electrons. The van der Waals surface area contributed by atoms with Gasteiger partial charge >= 0.3 is 0 Å². The first-order chi connectivity index (χ1) is 12.6. The SMILES string of the molecule is CN1C(=O)C2(CCN(CC3CCCCCCC3)CC2)c2ccc(O)cc21. The number of rotatable bonds is 2. The fourth-order valence-corrected chi connectivity index (χ4v) is 5.44. The summed E-state index contributed by atoms with van der Waals surface area (Å²) in [4.78, 5) is 17.4. The molecular formula is C22H32N2O2. The van der Waals surface area contributed by atoms with E-state index in [1.165, 1.54) is 51.5 Å². The van der Waals surface area contributed by atoms with Gasteiger partial charge < -0.3 is 14.9 Å². The van der Waals surface area contributed by atoms with Crippen LogP contribution in [0.1, 0.15) is 63.4 Å². The zero-order valence-corrected chi connectivity index (χ0v) is 16.0. The number of amides is 1. The summed E-state index contributed by atoms with van der Waals surface area (Å²) < 4.78 is 0. The number of likely N-dealkylation sites (N-methyl/N-ethyl adjacent to an activating group) is 1. The zero-order valence-electron chi connectivity index (χ0n) is 16.0. The van der Waals surface area contributed by atoms with E-state index in [1.807, 2.05) is 13.1 Å². The number of aromatic hydroxyl groups is 1. The number of carbonyl (C=O) groups is 1. The van der Waals surface area contributed by atoms with E-state index in [-0.39, 0.29) is 17.1 Å². The molecule has 1 aromatic rings. The summed E-state index contributed by atoms with van der Waals surface area (Å²) in [5, 5.41) is 9.81. The zero-order chi connectivity index (χ0) is 18.1. The summed E-state index contributed by atoms with van der Waals surface area (Å²) in [5.41, 5.74) is 1.65. The number of hydrogen-bond acceptors (Lipinski definition) is 3. The highest BCUT2D eigenvalue weighted by Gasteiger charge is 2.51. The van der Waals surface area contributed by atoms with Crippen LogP contribution in [0.2, 0.25) is 0 Å². The largest absolute Gasteiger partial charge is 0.508 e. The van der Waals surface area contributed by atoms with Crippen molar-refractivity contribution < 1.29 is 9.90 Å². The van der Waals surface area contributed by atoms with Gasteiger partial charge in [0, 0.05) is 19.7 Å². The Balaban J connectivity index is 1.44. The lowest BCUT2D eigenvalue weighted by molar-refractivity contribution is -0.124. The van der Waals surface area contributed by atoms with Crippen molar-refractivity contribution in [3.05, 3.63) is 23.8 Å². The van der Waals surface area contributed by atoms with Crippen LogP contribution in [0.3, 0.4) is 0 Å². The summed E-state index contributed by atoms with van der Waals surface area (Å²) in [6, 6.07) is 5.44. The lowest BCUT2D eigenvalue weighted by Gasteiger charge is -2.40. The van der Waals surface area contributed by atoms with Crippen LogP contribution < -0.4 is 4.90 Å². The highest BCUT2D eigenvalue weighted by molar-refractivity contribution is 6.08. The smallest absolute Gasteiger partial charge is 0.237 e. The average Bonchev–Trinajstić information content (AvgIpc) is 2.81. The monoisotopic (exact) mass is 356 g/mol. The normalized spacial score (nSPS) is 24.5. The van der Waals surface area contributed by atoms with Crippen molar-refractivity contribution in [2.75, 3.05) is 31.6 Å². The van der Waals surface area contributed by atoms with E-state index in [2.05, 4.69) is 4.90 Å². The standard InChI is InChI=1S/C22H32N2O2/c1-23-20-15-18(25)9-10-19(20)22(21(23)26)11-13-24(14-12-22)16-17-7-5-3-2-4-6-8-17/h9-10,15,17,25H,2-8,11-14,16H2,1H3. The van der Waals surface area contributed by atoms with Crippen LogP contribution in [-0.2, 0) is 10.2 Å². The molecule has 2 heterocycles. The van der Waals surface area contributed by atoms with Crippen molar-refractivity contribution in [2.45, 2.75) is 63.2 Å². The molecule has 4 nitrogen and oxygen atoms in total. The molecule has 1 saturated heterocycles. The minimum Gasteiger partial charge on any atom is -0.508 e. The van der Waals surface area contributed by atoms with Crippen LogP contribution in [-0.4, -0.2) is 42.6 Å². The van der Waals surface area contributed by atoms with Gasteiger partial charge in [0.05, 0.1) is 11.1 Å². The molecule has 0 aromatic heterocycles. The second-order valence-corrected chi connectivity index (χ2v) is 8.66. The fourth-order valence-electron chi connectivity index (χ4n) is 5.44. The van der Waals surface area contributed by atoms with Crippen LogP contribution in [0.25, 0.3) is 0 Å². The Bertz CT molecular complexity index is 656. The molecule has 0 atom stereocenters. The predicted molar refractivity (Wildman–Crippen MR) is 105 cm³/mol. The second kappa shape index (κ2) is 7.22. The summed E-state index contributed by atoms with van der Waals surface area (Å²) in [5.74, 6) is 1.29. The average molecular weight is 357 g/mol. The molecule has 3 aliphatic rings. The van der Waals surface area contributed by atoms with Gasteiger partial charge in [-0.1, -0.05) is 38.2 Å². The number of hydrogen-bond donors (Lipinski definition) is 1. The molecule has 1 amide bonds. The molecular weight excluding hydrogens is 324 g/mol. The Morgan fingerprint density at radius 3 is 2.42 bits per heavy atom. The minimum absolute atomic E-state index is 0.212. The molecule has 0 unspecified atom stereocenters. The summed E-state index contributed by atoms with van der Waals surface area (Å²) >= 11 is 0. The van der Waals surface area contributed by atoms with Gasteiger partial charge in [0.25, 0.3) is 0 Å². The predicted octanol–water partition coefficient (Wildman–Crippen LogP) is 4.06. The number of carbonyl (C=O) groups excluding carboxylic acids is 1. The number of anilines is 1. The molecule has 1 aromatic carbocycles. The van der Waals surface area contributed by atoms with Crippen LogP contribution in [0.5, 0.6) is 5.75 Å². The van der Waals surface area contributed by atoms with Crippen molar-refractivity contribution >= 4 is 11.6 Å². The van der Waals surface area contributed by atoms with Crippen molar-refractivity contribution in [1.29, 1.82) is 0 Å². The van der Waals surface area contributed by atoms with Gasteiger partial charge in [0.2, 0.25) is 5.91 Å². The Labute approximate surface area is 157 Å².